The number of hydrogen-bond donors (Lipinski definition) is 0. The molecule has 0 heterocycles. The highest BCUT2D eigenvalue weighted by atomic mass is 14.7. The van der Waals surface area contributed by atoms with Gasteiger partial charge in [-0.05, 0) is 104 Å². The Labute approximate surface area is 254 Å². The topological polar surface area (TPSA) is 12.4 Å². The Hall–Kier alpha value is -5.01. The van der Waals surface area contributed by atoms with Crippen molar-refractivity contribution in [2.75, 3.05) is 0 Å². The second-order valence-electron chi connectivity index (χ2n) is 11.4. The number of nitrogens with zero attached hydrogens (tertiary/aromatic N) is 1. The maximum Gasteiger partial charge on any atom is 0.0660 e. The quantitative estimate of drug-likeness (QED) is 0.137. The maximum absolute atomic E-state index is 4.86. The van der Waals surface area contributed by atoms with E-state index in [2.05, 4.69) is 153 Å². The Morgan fingerprint density at radius 1 is 0.512 bits per heavy atom. The van der Waals surface area contributed by atoms with Crippen molar-refractivity contribution in [2.45, 2.75) is 33.1 Å². The second-order valence-corrected chi connectivity index (χ2v) is 11.4. The van der Waals surface area contributed by atoms with E-state index in [1.165, 1.54) is 71.4 Å². The summed E-state index contributed by atoms with van der Waals surface area (Å²) in [5, 5.41) is 7.68. The number of aliphatic imine (C=N–C) groups is 1. The lowest BCUT2D eigenvalue weighted by molar-refractivity contribution is 0.959. The molecule has 0 N–H and O–H groups in total. The van der Waals surface area contributed by atoms with Crippen LogP contribution in [0.5, 0.6) is 0 Å². The average Bonchev–Trinajstić information content (AvgIpc) is 3.06. The van der Waals surface area contributed by atoms with E-state index in [0.717, 1.165) is 24.9 Å². The van der Waals surface area contributed by atoms with Gasteiger partial charge in [-0.3, -0.25) is 4.99 Å². The summed E-state index contributed by atoms with van der Waals surface area (Å²) in [6, 6.07) is 51.1. The lowest BCUT2D eigenvalue weighted by atomic mass is 9.85. The summed E-state index contributed by atoms with van der Waals surface area (Å²) < 4.78 is 0. The van der Waals surface area contributed by atoms with Crippen LogP contribution in [0.4, 0.5) is 5.69 Å². The highest BCUT2D eigenvalue weighted by molar-refractivity contribution is 6.21. The monoisotopic (exact) mass is 553 g/mol. The van der Waals surface area contributed by atoms with Crippen molar-refractivity contribution in [1.82, 2.24) is 0 Å². The molecule has 0 aliphatic carbocycles. The smallest absolute Gasteiger partial charge is 0.0660 e. The van der Waals surface area contributed by atoms with E-state index in [-0.39, 0.29) is 0 Å². The van der Waals surface area contributed by atoms with Crippen LogP contribution < -0.4 is 0 Å². The number of hydrogen-bond acceptors (Lipinski definition) is 1. The van der Waals surface area contributed by atoms with Crippen LogP contribution in [-0.2, 0) is 12.8 Å². The molecule has 1 nitrogen and oxygen atoms in total. The van der Waals surface area contributed by atoms with Crippen LogP contribution >= 0.6 is 0 Å². The predicted octanol–water partition coefficient (Wildman–Crippen LogP) is 11.8. The van der Waals surface area contributed by atoms with E-state index in [0.29, 0.717) is 0 Å². The van der Waals surface area contributed by atoms with E-state index < -0.39 is 0 Å². The van der Waals surface area contributed by atoms with E-state index in [1.54, 1.807) is 0 Å². The molecule has 0 bridgehead atoms. The van der Waals surface area contributed by atoms with Crippen molar-refractivity contribution in [1.29, 1.82) is 0 Å². The number of aryl methyl sites for hydroxylation is 2. The zero-order valence-corrected chi connectivity index (χ0v) is 24.8. The van der Waals surface area contributed by atoms with Crippen LogP contribution in [0.15, 0.2) is 145 Å². The number of benzene rings is 7. The fraction of sp³-hybridized carbons (Fsp3) is 0.119. The zero-order chi connectivity index (χ0) is 29.2. The third-order valence-corrected chi connectivity index (χ3v) is 8.71. The van der Waals surface area contributed by atoms with Gasteiger partial charge in [0.15, 0.2) is 0 Å². The van der Waals surface area contributed by atoms with Gasteiger partial charge in [-0.25, -0.2) is 0 Å². The molecule has 0 radical (unpaired) electrons. The zero-order valence-electron chi connectivity index (χ0n) is 24.8. The first-order valence-corrected chi connectivity index (χ1v) is 15.3. The summed E-state index contributed by atoms with van der Waals surface area (Å²) in [4.78, 5) is 4.86. The van der Waals surface area contributed by atoms with Crippen LogP contribution in [0.1, 0.15) is 31.4 Å². The molecule has 0 saturated carbocycles. The molecular weight excluding hydrogens is 518 g/mol. The molecule has 0 spiro atoms. The van der Waals surface area contributed by atoms with Crippen LogP contribution in [0.3, 0.4) is 0 Å². The number of rotatable bonds is 7. The number of para-hydroxylation sites is 1. The minimum Gasteiger partial charge on any atom is -0.258 e. The Kier molecular flexibility index (Phi) is 7.31. The molecule has 7 rings (SSSR count). The van der Waals surface area contributed by atoms with Crippen LogP contribution in [-0.4, -0.2) is 5.71 Å². The Bertz CT molecular complexity index is 2060. The van der Waals surface area contributed by atoms with Gasteiger partial charge in [0.25, 0.3) is 0 Å². The van der Waals surface area contributed by atoms with Crippen molar-refractivity contribution in [2.24, 2.45) is 4.99 Å². The summed E-state index contributed by atoms with van der Waals surface area (Å²) in [5.74, 6) is 0. The molecule has 7 aromatic carbocycles. The molecule has 0 amide bonds. The lowest BCUT2D eigenvalue weighted by Crippen LogP contribution is -1.94. The molecule has 0 saturated heterocycles. The van der Waals surface area contributed by atoms with E-state index >= 15 is 0 Å². The van der Waals surface area contributed by atoms with Gasteiger partial charge < -0.3 is 0 Å². The Morgan fingerprint density at radius 3 is 1.70 bits per heavy atom. The summed E-state index contributed by atoms with van der Waals surface area (Å²) in [6.07, 6.45) is 2.94. The van der Waals surface area contributed by atoms with E-state index in [9.17, 15) is 0 Å². The first-order chi connectivity index (χ1) is 21.2. The first kappa shape index (κ1) is 26.9. The molecule has 208 valence electrons. The molecule has 0 aliphatic heterocycles. The summed E-state index contributed by atoms with van der Waals surface area (Å²) >= 11 is 0. The first-order valence-electron chi connectivity index (χ1n) is 15.3. The summed E-state index contributed by atoms with van der Waals surface area (Å²) in [6.45, 7) is 4.27. The second kappa shape index (κ2) is 11.7. The van der Waals surface area contributed by atoms with Crippen molar-refractivity contribution < 1.29 is 0 Å². The van der Waals surface area contributed by atoms with Gasteiger partial charge in [0.05, 0.1) is 5.69 Å². The normalized spacial score (nSPS) is 11.9. The molecule has 0 fully saturated rings. The molecule has 0 aliphatic rings. The van der Waals surface area contributed by atoms with Crippen molar-refractivity contribution in [3.05, 3.63) is 151 Å². The van der Waals surface area contributed by atoms with Crippen LogP contribution in [0, 0.1) is 0 Å². The van der Waals surface area contributed by atoms with Crippen molar-refractivity contribution in [3.8, 4) is 22.3 Å². The average molecular weight is 554 g/mol. The predicted molar refractivity (Wildman–Crippen MR) is 187 cm³/mol. The largest absolute Gasteiger partial charge is 0.258 e. The van der Waals surface area contributed by atoms with Crippen LogP contribution in [0.25, 0.3) is 54.6 Å². The highest BCUT2D eigenvalue weighted by Gasteiger charge is 2.16. The van der Waals surface area contributed by atoms with E-state index in [1.807, 2.05) is 0 Å². The molecule has 0 atom stereocenters. The van der Waals surface area contributed by atoms with Gasteiger partial charge in [0, 0.05) is 5.71 Å². The van der Waals surface area contributed by atoms with Gasteiger partial charge >= 0.3 is 0 Å². The van der Waals surface area contributed by atoms with Crippen molar-refractivity contribution in [3.63, 3.8) is 0 Å². The van der Waals surface area contributed by atoms with Gasteiger partial charge in [-0.1, -0.05) is 134 Å². The molecule has 0 unspecified atom stereocenters. The minimum absolute atomic E-state index is 0.975. The van der Waals surface area contributed by atoms with Gasteiger partial charge in [0.2, 0.25) is 0 Å². The fourth-order valence-corrected chi connectivity index (χ4v) is 6.33. The maximum atomic E-state index is 4.86. The summed E-state index contributed by atoms with van der Waals surface area (Å²) in [7, 11) is 0. The lowest BCUT2D eigenvalue weighted by Gasteiger charge is -2.18. The third-order valence-electron chi connectivity index (χ3n) is 8.71. The molecule has 43 heavy (non-hydrogen) atoms. The minimum atomic E-state index is 0.975. The number of fused-ring (bicyclic) bond motifs is 3. The fourth-order valence-electron chi connectivity index (χ4n) is 6.33. The third kappa shape index (κ3) is 5.24. The molecule has 0 aromatic heterocycles. The summed E-state index contributed by atoms with van der Waals surface area (Å²) in [5.41, 5.74) is 10.0. The SMILES string of the molecule is CC/C(C)=N/c1ccccc1CCc1ccc(-c2c3ccccc3c(-c3ccc4ccccc4c3)c3ccccc23)cc1. The van der Waals surface area contributed by atoms with Gasteiger partial charge in [-0.2, -0.15) is 0 Å². The van der Waals surface area contributed by atoms with E-state index in [4.69, 9.17) is 4.99 Å². The molecule has 1 heteroatoms. The Morgan fingerprint density at radius 2 is 1.05 bits per heavy atom. The van der Waals surface area contributed by atoms with Crippen LogP contribution in [0.2, 0.25) is 0 Å². The highest BCUT2D eigenvalue weighted by Crippen LogP contribution is 2.44. The standard InChI is InChI=1S/C42H35N/c1-3-29(2)43-40-19-11-6-13-32(40)23-20-30-21-24-33(25-22-30)41-36-15-7-9-17-38(36)42(39-18-10-8-16-37(39)41)35-27-26-31-12-4-5-14-34(31)28-35/h4-19,21-22,24-28H,3,20,23H2,1-2H3/b43-29+. The van der Waals surface area contributed by atoms with Crippen molar-refractivity contribution >= 4 is 43.7 Å². The molecular formula is C42H35N. The van der Waals surface area contributed by atoms with Gasteiger partial charge in [0.1, 0.15) is 0 Å². The van der Waals surface area contributed by atoms with Gasteiger partial charge in [-0.15, -0.1) is 0 Å². The Balaban J connectivity index is 1.29. The molecule has 7 aromatic rings.